The molecule has 6 nitrogen and oxygen atoms in total. The van der Waals surface area contributed by atoms with E-state index in [4.69, 9.17) is 4.74 Å². The van der Waals surface area contributed by atoms with Crippen LogP contribution in [0.1, 0.15) is 29.8 Å². The van der Waals surface area contributed by atoms with Crippen LogP contribution in [0, 0.1) is 17.5 Å². The Kier molecular flexibility index (Phi) is 6.65. The molecule has 1 aliphatic rings. The van der Waals surface area contributed by atoms with E-state index in [-0.39, 0.29) is 17.5 Å². The van der Waals surface area contributed by atoms with Crippen LogP contribution in [-0.4, -0.2) is 35.1 Å². The molecule has 3 aromatic rings. The average Bonchev–Trinajstić information content (AvgIpc) is 3.05. The van der Waals surface area contributed by atoms with Gasteiger partial charge in [0.1, 0.15) is 29.2 Å². The fourth-order valence-electron chi connectivity index (χ4n) is 3.53. The molecule has 0 saturated carbocycles. The van der Waals surface area contributed by atoms with Gasteiger partial charge in [-0.1, -0.05) is 6.07 Å². The number of anilines is 1. The van der Waals surface area contributed by atoms with E-state index in [0.717, 1.165) is 56.6 Å². The maximum absolute atomic E-state index is 14.4. The average molecular weight is 442 g/mol. The number of amides is 1. The Bertz CT molecular complexity index is 1100. The standard InChI is InChI=1S/C23H21F3N4O2/c24-15-4-1-5-16(25)21(15)18-7-6-17(26)22(29-18)23(31)30-19-13-28-12-9-20(19)32-14-3-2-10-27-11-8-14/h1,4-7,9,12-14,27H,2-3,8,10-11H2,(H,30,31). The molecule has 0 radical (unpaired) electrons. The number of rotatable bonds is 5. The zero-order valence-corrected chi connectivity index (χ0v) is 17.1. The van der Waals surface area contributed by atoms with Crippen LogP contribution < -0.4 is 15.4 Å². The van der Waals surface area contributed by atoms with Gasteiger partial charge in [0, 0.05) is 12.3 Å². The Morgan fingerprint density at radius 1 is 1.03 bits per heavy atom. The van der Waals surface area contributed by atoms with Crippen molar-refractivity contribution in [3.05, 3.63) is 71.9 Å². The molecule has 2 aromatic heterocycles. The number of halogens is 3. The maximum atomic E-state index is 14.4. The summed E-state index contributed by atoms with van der Waals surface area (Å²) in [5.41, 5.74) is -0.980. The van der Waals surface area contributed by atoms with Crippen LogP contribution in [0.2, 0.25) is 0 Å². The second-order valence-electron chi connectivity index (χ2n) is 7.37. The lowest BCUT2D eigenvalue weighted by molar-refractivity contribution is 0.101. The molecule has 166 valence electrons. The molecule has 0 spiro atoms. The lowest BCUT2D eigenvalue weighted by Crippen LogP contribution is -2.21. The minimum atomic E-state index is -0.927. The van der Waals surface area contributed by atoms with E-state index in [1.165, 1.54) is 18.5 Å². The Hall–Kier alpha value is -3.46. The van der Waals surface area contributed by atoms with Crippen molar-refractivity contribution in [2.75, 3.05) is 18.4 Å². The van der Waals surface area contributed by atoms with E-state index < -0.39 is 34.6 Å². The van der Waals surface area contributed by atoms with Gasteiger partial charge < -0.3 is 15.4 Å². The van der Waals surface area contributed by atoms with Gasteiger partial charge in [-0.05, 0) is 56.6 Å². The molecule has 1 unspecified atom stereocenters. The summed E-state index contributed by atoms with van der Waals surface area (Å²) in [6.45, 7) is 1.75. The summed E-state index contributed by atoms with van der Waals surface area (Å²) in [7, 11) is 0. The third-order valence-corrected chi connectivity index (χ3v) is 5.13. The van der Waals surface area contributed by atoms with Gasteiger partial charge in [-0.15, -0.1) is 0 Å². The van der Waals surface area contributed by atoms with Gasteiger partial charge in [-0.2, -0.15) is 0 Å². The zero-order valence-electron chi connectivity index (χ0n) is 17.1. The van der Waals surface area contributed by atoms with E-state index >= 15 is 0 Å². The molecule has 1 aliphatic heterocycles. The summed E-state index contributed by atoms with van der Waals surface area (Å²) in [6, 6.07) is 7.01. The van der Waals surface area contributed by atoms with Crippen molar-refractivity contribution in [3.63, 3.8) is 0 Å². The molecule has 32 heavy (non-hydrogen) atoms. The first-order valence-electron chi connectivity index (χ1n) is 10.3. The summed E-state index contributed by atoms with van der Waals surface area (Å²) in [4.78, 5) is 20.7. The molecule has 0 bridgehead atoms. The molecular weight excluding hydrogens is 421 g/mol. The van der Waals surface area contributed by atoms with Crippen LogP contribution >= 0.6 is 0 Å². The Morgan fingerprint density at radius 2 is 1.84 bits per heavy atom. The molecule has 1 amide bonds. The highest BCUT2D eigenvalue weighted by Gasteiger charge is 2.21. The van der Waals surface area contributed by atoms with Gasteiger partial charge in [-0.3, -0.25) is 9.78 Å². The lowest BCUT2D eigenvalue weighted by Gasteiger charge is -2.19. The maximum Gasteiger partial charge on any atom is 0.277 e. The second kappa shape index (κ2) is 9.78. The largest absolute Gasteiger partial charge is 0.488 e. The fraction of sp³-hybridized carbons (Fsp3) is 0.261. The van der Waals surface area contributed by atoms with Gasteiger partial charge in [0.15, 0.2) is 11.5 Å². The van der Waals surface area contributed by atoms with Crippen molar-refractivity contribution in [2.24, 2.45) is 0 Å². The van der Waals surface area contributed by atoms with Crippen molar-refractivity contribution in [1.82, 2.24) is 15.3 Å². The number of hydrogen-bond donors (Lipinski definition) is 2. The first kappa shape index (κ1) is 21.8. The third kappa shape index (κ3) is 4.88. The summed E-state index contributed by atoms with van der Waals surface area (Å²) >= 11 is 0. The molecule has 1 saturated heterocycles. The monoisotopic (exact) mass is 442 g/mol. The lowest BCUT2D eigenvalue weighted by atomic mass is 10.1. The van der Waals surface area contributed by atoms with Crippen LogP contribution in [-0.2, 0) is 0 Å². The molecule has 4 rings (SSSR count). The summed E-state index contributed by atoms with van der Waals surface area (Å²) in [6.07, 6.45) is 5.51. The number of nitrogens with one attached hydrogen (secondary N) is 2. The molecule has 1 atom stereocenters. The van der Waals surface area contributed by atoms with Crippen molar-refractivity contribution >= 4 is 11.6 Å². The van der Waals surface area contributed by atoms with Crippen LogP contribution in [0.25, 0.3) is 11.3 Å². The summed E-state index contributed by atoms with van der Waals surface area (Å²) in [5, 5.41) is 5.85. The van der Waals surface area contributed by atoms with E-state index in [2.05, 4.69) is 20.6 Å². The number of carbonyl (C=O) groups excluding carboxylic acids is 1. The Balaban J connectivity index is 1.58. The molecule has 1 fully saturated rings. The fourth-order valence-corrected chi connectivity index (χ4v) is 3.53. The molecule has 9 heteroatoms. The zero-order chi connectivity index (χ0) is 22.5. The Labute approximate surface area is 182 Å². The molecule has 3 heterocycles. The molecule has 1 aromatic carbocycles. The van der Waals surface area contributed by atoms with Crippen LogP contribution in [0.4, 0.5) is 18.9 Å². The number of ether oxygens (including phenoxy) is 1. The van der Waals surface area contributed by atoms with Gasteiger partial charge in [0.2, 0.25) is 0 Å². The highest BCUT2D eigenvalue weighted by molar-refractivity contribution is 6.04. The number of benzene rings is 1. The van der Waals surface area contributed by atoms with E-state index in [9.17, 15) is 18.0 Å². The summed E-state index contributed by atoms with van der Waals surface area (Å²) < 4.78 is 48.7. The quantitative estimate of drug-likeness (QED) is 0.615. The molecule has 2 N–H and O–H groups in total. The SMILES string of the molecule is O=C(Nc1cnccc1OC1CCCNCC1)c1nc(-c2c(F)cccc2F)ccc1F. The van der Waals surface area contributed by atoms with Gasteiger partial charge in [0.05, 0.1) is 17.5 Å². The summed E-state index contributed by atoms with van der Waals surface area (Å²) in [5.74, 6) is -3.14. The Morgan fingerprint density at radius 3 is 2.66 bits per heavy atom. The van der Waals surface area contributed by atoms with E-state index in [1.807, 2.05) is 0 Å². The van der Waals surface area contributed by atoms with Crippen molar-refractivity contribution < 1.29 is 22.7 Å². The number of carbonyl (C=O) groups is 1. The van der Waals surface area contributed by atoms with Crippen molar-refractivity contribution in [3.8, 4) is 17.0 Å². The number of aromatic nitrogens is 2. The molecular formula is C23H21F3N4O2. The first-order valence-corrected chi connectivity index (χ1v) is 10.3. The normalized spacial score (nSPS) is 16.3. The van der Waals surface area contributed by atoms with Crippen molar-refractivity contribution in [2.45, 2.75) is 25.4 Å². The minimum absolute atomic E-state index is 0.0368. The van der Waals surface area contributed by atoms with Gasteiger partial charge in [-0.25, -0.2) is 18.2 Å². The predicted molar refractivity (Wildman–Crippen MR) is 113 cm³/mol. The van der Waals surface area contributed by atoms with E-state index in [0.29, 0.717) is 5.75 Å². The predicted octanol–water partition coefficient (Wildman–Crippen LogP) is 4.33. The van der Waals surface area contributed by atoms with Crippen LogP contribution in [0.15, 0.2) is 48.8 Å². The van der Waals surface area contributed by atoms with Crippen LogP contribution in [0.3, 0.4) is 0 Å². The first-order chi connectivity index (χ1) is 15.5. The smallest absolute Gasteiger partial charge is 0.277 e. The van der Waals surface area contributed by atoms with Gasteiger partial charge >= 0.3 is 0 Å². The number of hydrogen-bond acceptors (Lipinski definition) is 5. The second-order valence-corrected chi connectivity index (χ2v) is 7.37. The highest BCUT2D eigenvalue weighted by atomic mass is 19.1. The highest BCUT2D eigenvalue weighted by Crippen LogP contribution is 2.28. The van der Waals surface area contributed by atoms with E-state index in [1.54, 1.807) is 6.07 Å². The number of pyridine rings is 2. The van der Waals surface area contributed by atoms with Crippen molar-refractivity contribution in [1.29, 1.82) is 0 Å². The molecule has 0 aliphatic carbocycles. The van der Waals surface area contributed by atoms with Gasteiger partial charge in [0.25, 0.3) is 5.91 Å². The third-order valence-electron chi connectivity index (χ3n) is 5.13. The minimum Gasteiger partial charge on any atom is -0.488 e. The number of nitrogens with zero attached hydrogens (tertiary/aromatic N) is 2. The van der Waals surface area contributed by atoms with Crippen LogP contribution in [0.5, 0.6) is 5.75 Å². The topological polar surface area (TPSA) is 76.1 Å².